The van der Waals surface area contributed by atoms with Gasteiger partial charge in [0.15, 0.2) is 0 Å². The molecule has 0 heterocycles. The normalized spacial score (nSPS) is 12.4. The second kappa shape index (κ2) is 8.32. The minimum absolute atomic E-state index is 0.131. The van der Waals surface area contributed by atoms with Gasteiger partial charge in [0.2, 0.25) is 10.0 Å². The molecule has 154 valence electrons. The fourth-order valence-electron chi connectivity index (χ4n) is 3.61. The monoisotopic (exact) mass is 425 g/mol. The van der Waals surface area contributed by atoms with E-state index in [1.165, 1.54) is 0 Å². The Morgan fingerprint density at radius 2 is 1.11 bits per heavy atom. The molecule has 8 heteroatoms. The van der Waals surface area contributed by atoms with Gasteiger partial charge in [-0.2, -0.15) is 8.42 Å². The van der Waals surface area contributed by atoms with E-state index in [0.717, 1.165) is 11.1 Å². The summed E-state index contributed by atoms with van der Waals surface area (Å²) in [5.41, 5.74) is 4.43. The molecule has 2 aromatic rings. The lowest BCUT2D eigenvalue weighted by Crippen LogP contribution is -2.29. The third-order valence-corrected chi connectivity index (χ3v) is 7.75. The van der Waals surface area contributed by atoms with Gasteiger partial charge < -0.3 is 0 Å². The van der Waals surface area contributed by atoms with Gasteiger partial charge in [-0.05, 0) is 63.8 Å². The highest BCUT2D eigenvalue weighted by molar-refractivity contribution is 7.89. The van der Waals surface area contributed by atoms with Gasteiger partial charge in [0.05, 0.1) is 16.4 Å². The van der Waals surface area contributed by atoms with E-state index in [9.17, 15) is 16.8 Å². The van der Waals surface area contributed by atoms with E-state index in [0.29, 0.717) is 22.3 Å². The predicted octanol–water partition coefficient (Wildman–Crippen LogP) is 3.22. The molecule has 0 aliphatic carbocycles. The predicted molar refractivity (Wildman–Crippen MR) is 110 cm³/mol. The Labute approximate surface area is 168 Å². The highest BCUT2D eigenvalue weighted by Crippen LogP contribution is 2.24. The quantitative estimate of drug-likeness (QED) is 0.543. The Bertz CT molecular complexity index is 968. The molecule has 6 nitrogen and oxygen atoms in total. The highest BCUT2D eigenvalue weighted by atomic mass is 32.2. The first-order valence-corrected chi connectivity index (χ1v) is 11.8. The second-order valence-corrected chi connectivity index (χ2v) is 10.4. The number of aryl methyl sites for hydroxylation is 6. The van der Waals surface area contributed by atoms with E-state index in [1.807, 2.05) is 13.8 Å². The van der Waals surface area contributed by atoms with Crippen molar-refractivity contribution < 1.29 is 21.0 Å². The number of hydrogen-bond donors (Lipinski definition) is 1. The van der Waals surface area contributed by atoms with Crippen LogP contribution >= 0.6 is 0 Å². The summed E-state index contributed by atoms with van der Waals surface area (Å²) in [7, 11) is -7.75. The van der Waals surface area contributed by atoms with Gasteiger partial charge in [-0.15, -0.1) is 0 Å². The summed E-state index contributed by atoms with van der Waals surface area (Å²) >= 11 is 0. The molecule has 0 saturated carbocycles. The first-order valence-electron chi connectivity index (χ1n) is 8.90. The van der Waals surface area contributed by atoms with Gasteiger partial charge in [-0.3, -0.25) is 4.18 Å². The Kier molecular flexibility index (Phi) is 6.70. The molecule has 0 atom stereocenters. The average molecular weight is 426 g/mol. The van der Waals surface area contributed by atoms with E-state index < -0.39 is 20.1 Å². The summed E-state index contributed by atoms with van der Waals surface area (Å²) in [4.78, 5) is 0.345. The molecule has 0 aliphatic heterocycles. The Hall–Kier alpha value is -1.74. The van der Waals surface area contributed by atoms with Crippen LogP contribution in [0.4, 0.5) is 0 Å². The van der Waals surface area contributed by atoms with Crippen LogP contribution in [0.1, 0.15) is 33.4 Å². The molecule has 1 N–H and O–H groups in total. The number of rotatable bonds is 7. The lowest BCUT2D eigenvalue weighted by molar-refractivity contribution is 0.322. The van der Waals surface area contributed by atoms with Crippen LogP contribution in [0.3, 0.4) is 0 Å². The van der Waals surface area contributed by atoms with Crippen molar-refractivity contribution in [2.24, 2.45) is 0 Å². The topological polar surface area (TPSA) is 89.5 Å². The van der Waals surface area contributed by atoms with Gasteiger partial charge in [-0.25, -0.2) is 13.1 Å². The van der Waals surface area contributed by atoms with Gasteiger partial charge in [-0.1, -0.05) is 35.4 Å². The average Bonchev–Trinajstić information content (AvgIpc) is 2.48. The third kappa shape index (κ3) is 5.00. The van der Waals surface area contributed by atoms with Gasteiger partial charge in [0.1, 0.15) is 0 Å². The van der Waals surface area contributed by atoms with Crippen LogP contribution in [0.25, 0.3) is 0 Å². The van der Waals surface area contributed by atoms with Crippen molar-refractivity contribution in [1.29, 1.82) is 0 Å². The van der Waals surface area contributed by atoms with E-state index in [1.54, 1.807) is 52.0 Å². The standard InChI is InChI=1S/C20H27NO5S2/c1-13-9-15(3)19(16(4)10-13)27(22,23)21-7-8-26-28(24,25)20-17(5)11-14(2)12-18(20)6/h9-12,21H,7-8H2,1-6H3. The molecule has 0 unspecified atom stereocenters. The summed E-state index contributed by atoms with van der Waals surface area (Å²) in [6, 6.07) is 7.14. The minimum Gasteiger partial charge on any atom is -0.265 e. The Morgan fingerprint density at radius 1 is 0.714 bits per heavy atom. The molecule has 0 radical (unpaired) electrons. The smallest absolute Gasteiger partial charge is 0.265 e. The van der Waals surface area contributed by atoms with Crippen LogP contribution in [-0.2, 0) is 24.3 Å². The summed E-state index contributed by atoms with van der Waals surface area (Å²) in [5, 5.41) is 0. The Balaban J connectivity index is 2.10. The van der Waals surface area contributed by atoms with Crippen LogP contribution in [-0.4, -0.2) is 30.0 Å². The van der Waals surface area contributed by atoms with E-state index in [-0.39, 0.29) is 22.9 Å². The van der Waals surface area contributed by atoms with E-state index >= 15 is 0 Å². The van der Waals surface area contributed by atoms with Crippen molar-refractivity contribution in [3.05, 3.63) is 57.6 Å². The second-order valence-electron chi connectivity index (χ2n) is 7.13. The maximum absolute atomic E-state index is 12.6. The zero-order valence-corrected chi connectivity index (χ0v) is 18.7. The molecule has 0 spiro atoms. The number of nitrogens with one attached hydrogen (secondary N) is 1. The number of hydrogen-bond acceptors (Lipinski definition) is 5. The van der Waals surface area contributed by atoms with Crippen LogP contribution in [0.2, 0.25) is 0 Å². The lowest BCUT2D eigenvalue weighted by Gasteiger charge is -2.14. The van der Waals surface area contributed by atoms with Crippen LogP contribution in [0.15, 0.2) is 34.1 Å². The third-order valence-electron chi connectivity index (χ3n) is 4.36. The van der Waals surface area contributed by atoms with Crippen LogP contribution in [0, 0.1) is 41.5 Å². The van der Waals surface area contributed by atoms with Crippen LogP contribution in [0.5, 0.6) is 0 Å². The molecular weight excluding hydrogens is 398 g/mol. The summed E-state index contributed by atoms with van der Waals surface area (Å²) in [5.74, 6) is 0. The van der Waals surface area contributed by atoms with Gasteiger partial charge in [0, 0.05) is 6.54 Å². The summed E-state index contributed by atoms with van der Waals surface area (Å²) < 4.78 is 57.8. The van der Waals surface area contributed by atoms with Crippen molar-refractivity contribution >= 4 is 20.1 Å². The number of sulfonamides is 1. The molecule has 0 aliphatic rings. The zero-order chi connectivity index (χ0) is 21.3. The molecular formula is C20H27NO5S2. The number of benzene rings is 2. The van der Waals surface area contributed by atoms with Crippen LogP contribution < -0.4 is 4.72 Å². The highest BCUT2D eigenvalue weighted by Gasteiger charge is 2.23. The molecule has 28 heavy (non-hydrogen) atoms. The largest absolute Gasteiger partial charge is 0.297 e. The van der Waals surface area contributed by atoms with Crippen molar-refractivity contribution in [3.8, 4) is 0 Å². The van der Waals surface area contributed by atoms with Gasteiger partial charge in [0.25, 0.3) is 10.1 Å². The molecule has 0 aromatic heterocycles. The maximum atomic E-state index is 12.6. The SMILES string of the molecule is Cc1cc(C)c(S(=O)(=O)NCCOS(=O)(=O)c2c(C)cc(C)cc2C)c(C)c1. The first-order chi connectivity index (χ1) is 12.8. The molecule has 0 bridgehead atoms. The fourth-order valence-corrected chi connectivity index (χ4v) is 6.40. The van der Waals surface area contributed by atoms with Crippen molar-refractivity contribution in [1.82, 2.24) is 4.72 Å². The van der Waals surface area contributed by atoms with Crippen molar-refractivity contribution in [2.45, 2.75) is 51.3 Å². The minimum atomic E-state index is -3.98. The molecule has 0 amide bonds. The Morgan fingerprint density at radius 3 is 1.54 bits per heavy atom. The molecule has 0 saturated heterocycles. The summed E-state index contributed by atoms with van der Waals surface area (Å²) in [6.07, 6.45) is 0. The van der Waals surface area contributed by atoms with Crippen molar-refractivity contribution in [2.75, 3.05) is 13.2 Å². The van der Waals surface area contributed by atoms with Crippen molar-refractivity contribution in [3.63, 3.8) is 0 Å². The molecule has 0 fully saturated rings. The van der Waals surface area contributed by atoms with E-state index in [2.05, 4.69) is 4.72 Å². The fraction of sp³-hybridized carbons (Fsp3) is 0.400. The lowest BCUT2D eigenvalue weighted by atomic mass is 10.1. The van der Waals surface area contributed by atoms with Gasteiger partial charge >= 0.3 is 0 Å². The molecule has 2 rings (SSSR count). The zero-order valence-electron chi connectivity index (χ0n) is 17.1. The maximum Gasteiger partial charge on any atom is 0.297 e. The molecule has 2 aromatic carbocycles. The first kappa shape index (κ1) is 22.5. The summed E-state index contributed by atoms with van der Waals surface area (Å²) in [6.45, 7) is 10.2. The van der Waals surface area contributed by atoms with E-state index in [4.69, 9.17) is 4.18 Å².